The van der Waals surface area contributed by atoms with Gasteiger partial charge < -0.3 is 51.5 Å². The average Bonchev–Trinajstić information content (AvgIpc) is 2.93. The van der Waals surface area contributed by atoms with E-state index in [1.54, 1.807) is 0 Å². The predicted octanol–water partition coefficient (Wildman–Crippen LogP) is 0.496. The lowest BCUT2D eigenvalue weighted by molar-refractivity contribution is -0.0120. The van der Waals surface area contributed by atoms with E-state index >= 15 is 0 Å². The van der Waals surface area contributed by atoms with Crippen LogP contribution in [0.5, 0.6) is 11.5 Å². The monoisotopic (exact) mass is 561 g/mol. The smallest absolute Gasteiger partial charge is 0.218 e. The number of guanidine groups is 2. The van der Waals surface area contributed by atoms with Crippen LogP contribution < -0.4 is 26.7 Å². The van der Waals surface area contributed by atoms with E-state index in [1.165, 1.54) is 0 Å². The van der Waals surface area contributed by atoms with Gasteiger partial charge in [0.1, 0.15) is 36.9 Å². The molecule has 0 saturated heterocycles. The summed E-state index contributed by atoms with van der Waals surface area (Å²) in [6, 6.07) is 15.4. The summed E-state index contributed by atoms with van der Waals surface area (Å²) < 4.78 is 22.0. The van der Waals surface area contributed by atoms with Gasteiger partial charge in [0.2, 0.25) is 5.96 Å². The highest BCUT2D eigenvalue weighted by Gasteiger charge is 2.23. The number of ether oxygens (including phenoxy) is 4. The molecule has 2 rings (SSSR count). The number of nitrogens with two attached hydrogens (primary N) is 3. The molecule has 0 aliphatic heterocycles. The predicted molar refractivity (Wildman–Crippen MR) is 154 cm³/mol. The van der Waals surface area contributed by atoms with E-state index in [-0.39, 0.29) is 50.3 Å². The molecule has 0 aliphatic rings. The number of hydrogen-bond donors (Lipinski definition) is 6. The summed E-state index contributed by atoms with van der Waals surface area (Å²) in [6.07, 6.45) is -1.04. The van der Waals surface area contributed by atoms with Crippen LogP contribution in [0.2, 0.25) is 0 Å². The molecule has 0 saturated carbocycles. The second-order valence-electron chi connectivity index (χ2n) is 9.60. The molecule has 2 aromatic carbocycles. The largest absolute Gasteiger partial charge is 0.491 e. The Morgan fingerprint density at radius 2 is 1.30 bits per heavy atom. The van der Waals surface area contributed by atoms with E-state index in [0.717, 1.165) is 11.1 Å². The normalized spacial score (nSPS) is 13.5. The van der Waals surface area contributed by atoms with Crippen molar-refractivity contribution in [3.05, 3.63) is 59.7 Å². The van der Waals surface area contributed by atoms with E-state index in [9.17, 15) is 10.2 Å². The fraction of sp³-hybridized carbons (Fsp3) is 0.500. The maximum absolute atomic E-state index is 10.1. The Balaban J connectivity index is 1.80. The molecule has 40 heavy (non-hydrogen) atoms. The first-order valence-electron chi connectivity index (χ1n) is 13.1. The fourth-order valence-corrected chi connectivity index (χ4v) is 3.56. The van der Waals surface area contributed by atoms with Crippen LogP contribution in [0.25, 0.3) is 0 Å². The molecule has 12 heteroatoms. The molecular formula is C28H43N5O7. The number of benzene rings is 2. The molecule has 0 spiro atoms. The lowest BCUT2D eigenvalue weighted by Gasteiger charge is -2.26. The summed E-state index contributed by atoms with van der Waals surface area (Å²) >= 11 is 0. The summed E-state index contributed by atoms with van der Waals surface area (Å²) in [5.74, 6) is 0.949. The van der Waals surface area contributed by atoms with Gasteiger partial charge in [-0.15, -0.1) is 0 Å². The molecular weight excluding hydrogens is 518 g/mol. The van der Waals surface area contributed by atoms with Gasteiger partial charge in [0.15, 0.2) is 5.96 Å². The Hall–Kier alpha value is -3.42. The summed E-state index contributed by atoms with van der Waals surface area (Å²) in [4.78, 5) is 7.47. The van der Waals surface area contributed by atoms with Crippen molar-refractivity contribution in [2.45, 2.75) is 37.9 Å². The summed E-state index contributed by atoms with van der Waals surface area (Å²) in [7, 11) is 0. The van der Waals surface area contributed by atoms with Crippen LogP contribution in [0.3, 0.4) is 0 Å². The molecule has 9 N–H and O–H groups in total. The maximum Gasteiger partial charge on any atom is 0.218 e. The molecule has 0 amide bonds. The molecule has 222 valence electrons. The van der Waals surface area contributed by atoms with Gasteiger partial charge in [-0.3, -0.25) is 0 Å². The third-order valence-corrected chi connectivity index (χ3v) is 5.87. The van der Waals surface area contributed by atoms with Crippen LogP contribution in [0.4, 0.5) is 0 Å². The number of rotatable bonds is 18. The van der Waals surface area contributed by atoms with Crippen LogP contribution in [0.1, 0.15) is 31.4 Å². The number of aliphatic hydroxyl groups is 3. The Bertz CT molecular complexity index is 1040. The molecule has 2 aromatic rings. The van der Waals surface area contributed by atoms with Crippen LogP contribution in [0, 0.1) is 0 Å². The van der Waals surface area contributed by atoms with Gasteiger partial charge in [-0.05, 0) is 41.8 Å². The molecule has 0 aliphatic carbocycles. The Kier molecular flexibility index (Phi) is 14.2. The van der Waals surface area contributed by atoms with E-state index in [4.69, 9.17) is 41.3 Å². The number of nitrogens with zero attached hydrogens (tertiary/aromatic N) is 2. The van der Waals surface area contributed by atoms with Gasteiger partial charge in [0.25, 0.3) is 0 Å². The van der Waals surface area contributed by atoms with Gasteiger partial charge in [-0.2, -0.15) is 4.99 Å². The molecule has 2 atom stereocenters. The zero-order valence-electron chi connectivity index (χ0n) is 23.2. The highest BCUT2D eigenvalue weighted by molar-refractivity contribution is 5.92. The standard InChI is InChI=1S/C28H43N5O7/c1-28(2,20-4-8-24(9-5-20)39-18-22(35)16-32-27(31)33-26(29)30)21-6-10-25(11-7-21)40-19-23(36)17-38-15-14-37-13-3-12-34/h4-11,22-23,34-36H,3,12-19H2,1-2H3,(H6,29,30,31,32,33). The average molecular weight is 562 g/mol. The Morgan fingerprint density at radius 3 is 1.82 bits per heavy atom. The van der Waals surface area contributed by atoms with Crippen LogP contribution >= 0.6 is 0 Å². The zero-order valence-corrected chi connectivity index (χ0v) is 23.2. The fourth-order valence-electron chi connectivity index (χ4n) is 3.56. The van der Waals surface area contributed by atoms with E-state index in [1.807, 2.05) is 48.5 Å². The number of aliphatic imine (C=N–C) groups is 2. The number of aliphatic hydroxyl groups excluding tert-OH is 3. The molecule has 0 heterocycles. The first-order chi connectivity index (χ1) is 19.1. The zero-order chi connectivity index (χ0) is 29.4. The number of hydrogen-bond acceptors (Lipinski definition) is 8. The minimum atomic E-state index is -0.874. The van der Waals surface area contributed by atoms with Crippen molar-refractivity contribution in [2.24, 2.45) is 27.2 Å². The maximum atomic E-state index is 10.1. The van der Waals surface area contributed by atoms with E-state index in [0.29, 0.717) is 37.7 Å². The van der Waals surface area contributed by atoms with Gasteiger partial charge in [-0.1, -0.05) is 38.1 Å². The highest BCUT2D eigenvalue weighted by Crippen LogP contribution is 2.33. The summed E-state index contributed by atoms with van der Waals surface area (Å²) in [5.41, 5.74) is 17.9. The van der Waals surface area contributed by atoms with E-state index < -0.39 is 12.2 Å². The van der Waals surface area contributed by atoms with Crippen molar-refractivity contribution in [1.29, 1.82) is 0 Å². The van der Waals surface area contributed by atoms with Crippen molar-refractivity contribution in [3.63, 3.8) is 0 Å². The van der Waals surface area contributed by atoms with Gasteiger partial charge >= 0.3 is 0 Å². The van der Waals surface area contributed by atoms with Crippen molar-refractivity contribution >= 4 is 11.9 Å². The molecule has 12 nitrogen and oxygen atoms in total. The first kappa shape index (κ1) is 32.8. The van der Waals surface area contributed by atoms with Crippen molar-refractivity contribution in [2.75, 3.05) is 52.8 Å². The Morgan fingerprint density at radius 1 is 0.775 bits per heavy atom. The van der Waals surface area contributed by atoms with E-state index in [2.05, 4.69) is 23.8 Å². The Labute approximate surface area is 235 Å². The minimum Gasteiger partial charge on any atom is -0.491 e. The second kappa shape index (κ2) is 17.3. The summed E-state index contributed by atoms with van der Waals surface area (Å²) in [6.45, 7) is 5.91. The van der Waals surface area contributed by atoms with Gasteiger partial charge in [0, 0.05) is 18.6 Å². The van der Waals surface area contributed by atoms with Crippen LogP contribution in [-0.2, 0) is 14.9 Å². The molecule has 0 bridgehead atoms. The lowest BCUT2D eigenvalue weighted by atomic mass is 9.78. The van der Waals surface area contributed by atoms with Crippen molar-refractivity contribution in [1.82, 2.24) is 0 Å². The molecule has 0 radical (unpaired) electrons. The molecule has 2 unspecified atom stereocenters. The molecule has 0 aromatic heterocycles. The SMILES string of the molecule is CC(C)(c1ccc(OCC(O)CN=C(N)N=C(N)N)cc1)c1ccc(OCC(O)COCCOCCCO)cc1. The molecule has 0 fully saturated rings. The second-order valence-corrected chi connectivity index (χ2v) is 9.60. The van der Waals surface area contributed by atoms with Crippen molar-refractivity contribution in [3.8, 4) is 11.5 Å². The van der Waals surface area contributed by atoms with Crippen molar-refractivity contribution < 1.29 is 34.3 Å². The highest BCUT2D eigenvalue weighted by atomic mass is 16.5. The van der Waals surface area contributed by atoms with Gasteiger partial charge in [0.05, 0.1) is 26.4 Å². The topological polar surface area (TPSA) is 200 Å². The van der Waals surface area contributed by atoms with Gasteiger partial charge in [-0.25, -0.2) is 4.99 Å². The summed E-state index contributed by atoms with van der Waals surface area (Å²) in [5, 5.41) is 28.8. The van der Waals surface area contributed by atoms with Crippen LogP contribution in [0.15, 0.2) is 58.5 Å². The third-order valence-electron chi connectivity index (χ3n) is 5.87. The quantitative estimate of drug-likeness (QED) is 0.0845. The third kappa shape index (κ3) is 12.2. The minimum absolute atomic E-state index is 0.00233. The van der Waals surface area contributed by atoms with Crippen LogP contribution in [-0.4, -0.2) is 92.2 Å². The lowest BCUT2D eigenvalue weighted by Crippen LogP contribution is -2.27. The first-order valence-corrected chi connectivity index (χ1v) is 13.1.